The standard InChI is InChI=1S/C20H33Cl3O9/c1-2-3-10-29-19-18(28)17(27)16(26)13(32-19)11-30-14(24)8-6-4-5-7-9-15(25)31-12-20(21,22)23/h13,16-19,26-28H,2-12H2,1H3/t13-,16-,17+,18-,19+/m1/s1. The summed E-state index contributed by atoms with van der Waals surface area (Å²) in [5.74, 6) is -0.932. The van der Waals surface area contributed by atoms with E-state index in [2.05, 4.69) is 0 Å². The van der Waals surface area contributed by atoms with E-state index in [0.29, 0.717) is 32.3 Å². The van der Waals surface area contributed by atoms with Crippen molar-refractivity contribution in [1.29, 1.82) is 0 Å². The highest BCUT2D eigenvalue weighted by atomic mass is 35.6. The quantitative estimate of drug-likeness (QED) is 0.178. The van der Waals surface area contributed by atoms with Crippen LogP contribution in [0.15, 0.2) is 0 Å². The average molecular weight is 524 g/mol. The SMILES string of the molecule is CCCCO[C@H]1O[C@H](COC(=O)CCCCCCC(=O)OCC(Cl)(Cl)Cl)[C@@H](O)[C@H](O)[C@H]1O. The zero-order valence-corrected chi connectivity index (χ0v) is 20.4. The van der Waals surface area contributed by atoms with E-state index in [1.54, 1.807) is 0 Å². The maximum Gasteiger partial charge on any atom is 0.305 e. The fraction of sp³-hybridized carbons (Fsp3) is 0.900. The molecule has 12 heteroatoms. The van der Waals surface area contributed by atoms with Gasteiger partial charge >= 0.3 is 11.9 Å². The van der Waals surface area contributed by atoms with Crippen molar-refractivity contribution in [2.24, 2.45) is 0 Å². The maximum atomic E-state index is 11.9. The number of rotatable bonds is 14. The predicted molar refractivity (Wildman–Crippen MR) is 117 cm³/mol. The van der Waals surface area contributed by atoms with Crippen molar-refractivity contribution in [3.63, 3.8) is 0 Å². The van der Waals surface area contributed by atoms with Gasteiger partial charge in [-0.1, -0.05) is 61.0 Å². The number of aliphatic hydroxyl groups excluding tert-OH is 3. The van der Waals surface area contributed by atoms with E-state index in [4.69, 9.17) is 53.8 Å². The molecule has 32 heavy (non-hydrogen) atoms. The number of hydrogen-bond acceptors (Lipinski definition) is 9. The van der Waals surface area contributed by atoms with Gasteiger partial charge in [0.25, 0.3) is 0 Å². The molecule has 1 heterocycles. The molecule has 0 aromatic carbocycles. The Bertz CT molecular complexity index is 559. The Hall–Kier alpha value is -0.390. The monoisotopic (exact) mass is 522 g/mol. The van der Waals surface area contributed by atoms with Gasteiger partial charge in [-0.2, -0.15) is 0 Å². The smallest absolute Gasteiger partial charge is 0.305 e. The van der Waals surface area contributed by atoms with Gasteiger partial charge in [0.05, 0.1) is 0 Å². The predicted octanol–water partition coefficient (Wildman–Crippen LogP) is 2.41. The molecule has 0 aliphatic carbocycles. The second kappa shape index (κ2) is 15.5. The summed E-state index contributed by atoms with van der Waals surface area (Å²) in [7, 11) is 0. The number of aliphatic hydroxyl groups is 3. The Balaban J connectivity index is 2.20. The molecule has 1 rings (SSSR count). The Morgan fingerprint density at radius 3 is 2.03 bits per heavy atom. The number of ether oxygens (including phenoxy) is 4. The minimum absolute atomic E-state index is 0.155. The van der Waals surface area contributed by atoms with Gasteiger partial charge in [-0.25, -0.2) is 0 Å². The molecular formula is C20H33Cl3O9. The van der Waals surface area contributed by atoms with E-state index in [0.717, 1.165) is 12.8 Å². The number of hydrogen-bond donors (Lipinski definition) is 3. The van der Waals surface area contributed by atoms with Crippen LogP contribution in [0.4, 0.5) is 0 Å². The molecule has 1 aliphatic rings. The van der Waals surface area contributed by atoms with Crippen molar-refractivity contribution >= 4 is 46.7 Å². The third-order valence-corrected chi connectivity index (χ3v) is 5.09. The summed E-state index contributed by atoms with van der Waals surface area (Å²) in [5.41, 5.74) is 0. The molecule has 0 bridgehead atoms. The first-order valence-corrected chi connectivity index (χ1v) is 11.9. The van der Waals surface area contributed by atoms with E-state index in [1.807, 2.05) is 6.92 Å². The normalized spacial score (nSPS) is 26.0. The lowest BCUT2D eigenvalue weighted by atomic mass is 9.99. The summed E-state index contributed by atoms with van der Waals surface area (Å²) in [6.45, 7) is 1.74. The van der Waals surface area contributed by atoms with E-state index in [1.165, 1.54) is 0 Å². The summed E-state index contributed by atoms with van der Waals surface area (Å²) in [4.78, 5) is 23.4. The van der Waals surface area contributed by atoms with E-state index < -0.39 is 46.4 Å². The van der Waals surface area contributed by atoms with Crippen LogP contribution in [0, 0.1) is 0 Å². The molecule has 0 spiro atoms. The first-order chi connectivity index (χ1) is 15.0. The summed E-state index contributed by atoms with van der Waals surface area (Å²) in [5, 5.41) is 30.0. The molecular weight excluding hydrogens is 491 g/mol. The minimum Gasteiger partial charge on any atom is -0.463 e. The highest BCUT2D eigenvalue weighted by molar-refractivity contribution is 6.67. The van der Waals surface area contributed by atoms with Crippen molar-refractivity contribution in [2.45, 2.75) is 92.8 Å². The van der Waals surface area contributed by atoms with Gasteiger partial charge in [0.15, 0.2) is 6.29 Å². The van der Waals surface area contributed by atoms with Gasteiger partial charge in [-0.05, 0) is 19.3 Å². The fourth-order valence-corrected chi connectivity index (χ4v) is 3.07. The van der Waals surface area contributed by atoms with Gasteiger partial charge < -0.3 is 34.3 Å². The average Bonchev–Trinajstić information content (AvgIpc) is 2.73. The molecule has 0 amide bonds. The van der Waals surface area contributed by atoms with Crippen molar-refractivity contribution in [3.8, 4) is 0 Å². The number of carbonyl (C=O) groups excluding carboxylic acids is 2. The Morgan fingerprint density at radius 2 is 1.47 bits per heavy atom. The Kier molecular flexibility index (Phi) is 14.4. The molecule has 1 saturated heterocycles. The van der Waals surface area contributed by atoms with Crippen molar-refractivity contribution in [2.75, 3.05) is 19.8 Å². The highest BCUT2D eigenvalue weighted by Gasteiger charge is 2.44. The van der Waals surface area contributed by atoms with Crippen LogP contribution in [-0.4, -0.2) is 81.6 Å². The van der Waals surface area contributed by atoms with Gasteiger partial charge in [0, 0.05) is 19.4 Å². The topological polar surface area (TPSA) is 132 Å². The number of carbonyl (C=O) groups is 2. The molecule has 0 unspecified atom stereocenters. The molecule has 1 aliphatic heterocycles. The van der Waals surface area contributed by atoms with Gasteiger partial charge in [-0.15, -0.1) is 0 Å². The van der Waals surface area contributed by atoms with Crippen LogP contribution in [0.3, 0.4) is 0 Å². The van der Waals surface area contributed by atoms with Crippen LogP contribution in [0.2, 0.25) is 0 Å². The minimum atomic E-state index is -1.63. The molecule has 0 radical (unpaired) electrons. The number of unbranched alkanes of at least 4 members (excludes halogenated alkanes) is 4. The summed E-state index contributed by atoms with van der Waals surface area (Å²) in [6.07, 6.45) is -1.87. The zero-order valence-electron chi connectivity index (χ0n) is 18.1. The van der Waals surface area contributed by atoms with Gasteiger partial charge in [0.1, 0.15) is 37.6 Å². The largest absolute Gasteiger partial charge is 0.463 e. The first kappa shape index (κ1) is 29.6. The zero-order chi connectivity index (χ0) is 24.1. The van der Waals surface area contributed by atoms with E-state index in [-0.39, 0.29) is 26.1 Å². The molecule has 5 atom stereocenters. The van der Waals surface area contributed by atoms with Crippen molar-refractivity contribution in [3.05, 3.63) is 0 Å². The molecule has 0 aromatic heterocycles. The number of halogens is 3. The second-order valence-electron chi connectivity index (χ2n) is 7.61. The number of alkyl halides is 3. The first-order valence-electron chi connectivity index (χ1n) is 10.7. The Labute approximate surface area is 203 Å². The van der Waals surface area contributed by atoms with Crippen LogP contribution >= 0.6 is 34.8 Å². The van der Waals surface area contributed by atoms with Crippen LogP contribution in [0.5, 0.6) is 0 Å². The van der Waals surface area contributed by atoms with Crippen LogP contribution in [-0.2, 0) is 28.5 Å². The van der Waals surface area contributed by atoms with E-state index in [9.17, 15) is 24.9 Å². The lowest BCUT2D eigenvalue weighted by molar-refractivity contribution is -0.301. The van der Waals surface area contributed by atoms with Crippen LogP contribution < -0.4 is 0 Å². The van der Waals surface area contributed by atoms with Gasteiger partial charge in [-0.3, -0.25) is 9.59 Å². The maximum absolute atomic E-state index is 11.9. The van der Waals surface area contributed by atoms with Crippen molar-refractivity contribution < 1.29 is 43.9 Å². The van der Waals surface area contributed by atoms with E-state index >= 15 is 0 Å². The molecule has 0 saturated carbocycles. The summed E-state index contributed by atoms with van der Waals surface area (Å²) >= 11 is 16.5. The Morgan fingerprint density at radius 1 is 0.875 bits per heavy atom. The molecule has 188 valence electrons. The molecule has 9 nitrogen and oxygen atoms in total. The molecule has 0 aromatic rings. The molecule has 3 N–H and O–H groups in total. The second-order valence-corrected chi connectivity index (χ2v) is 10.1. The lowest BCUT2D eigenvalue weighted by Crippen LogP contribution is -2.59. The van der Waals surface area contributed by atoms with Crippen LogP contribution in [0.25, 0.3) is 0 Å². The fourth-order valence-electron chi connectivity index (χ4n) is 2.91. The van der Waals surface area contributed by atoms with Crippen molar-refractivity contribution in [1.82, 2.24) is 0 Å². The van der Waals surface area contributed by atoms with Gasteiger partial charge in [0.2, 0.25) is 3.79 Å². The summed E-state index contributed by atoms with van der Waals surface area (Å²) < 4.78 is 19.2. The van der Waals surface area contributed by atoms with Crippen LogP contribution in [0.1, 0.15) is 58.3 Å². The third-order valence-electron chi connectivity index (χ3n) is 4.77. The molecule has 1 fully saturated rings. The third kappa shape index (κ3) is 12.2. The summed E-state index contributed by atoms with van der Waals surface area (Å²) in [6, 6.07) is 0. The highest BCUT2D eigenvalue weighted by Crippen LogP contribution is 2.26. The lowest BCUT2D eigenvalue weighted by Gasteiger charge is -2.39. The number of esters is 2.